The molecule has 2 saturated heterocycles. The Morgan fingerprint density at radius 2 is 2.10 bits per heavy atom. The van der Waals surface area contributed by atoms with Crippen molar-refractivity contribution in [3.8, 4) is 0 Å². The SMILES string of the molecule is CC(=O)N1[C@@H]2CC[C@H]1CC(NCC1=CCC(C)(O)C=C1)C2. The molecule has 1 amide bonds. The predicted octanol–water partition coefficient (Wildman–Crippen LogP) is 1.76. The molecule has 4 heteroatoms. The van der Waals surface area contributed by atoms with Gasteiger partial charge in [0.05, 0.1) is 5.60 Å². The molecule has 0 radical (unpaired) electrons. The lowest BCUT2D eigenvalue weighted by molar-refractivity contribution is -0.133. The summed E-state index contributed by atoms with van der Waals surface area (Å²) in [5.74, 6) is 0.237. The Kier molecular flexibility index (Phi) is 3.93. The lowest BCUT2D eigenvalue weighted by atomic mass is 9.93. The van der Waals surface area contributed by atoms with Gasteiger partial charge in [0.15, 0.2) is 0 Å². The van der Waals surface area contributed by atoms with E-state index in [-0.39, 0.29) is 5.91 Å². The Morgan fingerprint density at radius 3 is 2.62 bits per heavy atom. The number of aliphatic hydroxyl groups is 1. The lowest BCUT2D eigenvalue weighted by Gasteiger charge is -2.39. The molecule has 4 atom stereocenters. The minimum atomic E-state index is -0.685. The zero-order chi connectivity index (χ0) is 15.0. The van der Waals surface area contributed by atoms with Gasteiger partial charge in [-0.25, -0.2) is 0 Å². The molecule has 0 aromatic carbocycles. The summed E-state index contributed by atoms with van der Waals surface area (Å²) in [4.78, 5) is 13.8. The summed E-state index contributed by atoms with van der Waals surface area (Å²) >= 11 is 0. The summed E-state index contributed by atoms with van der Waals surface area (Å²) < 4.78 is 0. The van der Waals surface area contributed by atoms with Gasteiger partial charge in [-0.15, -0.1) is 0 Å². The van der Waals surface area contributed by atoms with E-state index in [1.807, 2.05) is 19.1 Å². The number of hydrogen-bond donors (Lipinski definition) is 2. The highest BCUT2D eigenvalue weighted by Gasteiger charge is 2.41. The van der Waals surface area contributed by atoms with Gasteiger partial charge in [0.1, 0.15) is 0 Å². The molecule has 1 aliphatic carbocycles. The maximum Gasteiger partial charge on any atom is 0.219 e. The molecule has 0 saturated carbocycles. The second-order valence-electron chi connectivity index (χ2n) is 7.03. The molecule has 3 rings (SSSR count). The molecule has 3 aliphatic rings. The number of hydrogen-bond acceptors (Lipinski definition) is 3. The Labute approximate surface area is 126 Å². The maximum absolute atomic E-state index is 11.7. The van der Waals surface area contributed by atoms with Crippen LogP contribution in [0, 0.1) is 0 Å². The van der Waals surface area contributed by atoms with Crippen molar-refractivity contribution in [2.45, 2.75) is 69.7 Å². The number of nitrogens with one attached hydrogen (secondary N) is 1. The number of amides is 1. The standard InChI is InChI=1S/C17H26N2O2/c1-12(20)19-15-3-4-16(19)10-14(9-15)18-11-13-5-7-17(2,21)8-6-13/h5-7,14-16,18,21H,3-4,8-11H2,1-2H3/t14?,15-,16+,17?. The van der Waals surface area contributed by atoms with E-state index in [1.165, 1.54) is 5.57 Å². The van der Waals surface area contributed by atoms with Crippen molar-refractivity contribution in [3.05, 3.63) is 23.8 Å². The second-order valence-corrected chi connectivity index (χ2v) is 7.03. The highest BCUT2D eigenvalue weighted by molar-refractivity contribution is 5.74. The maximum atomic E-state index is 11.7. The monoisotopic (exact) mass is 290 g/mol. The minimum absolute atomic E-state index is 0.237. The molecule has 4 nitrogen and oxygen atoms in total. The first-order chi connectivity index (χ1) is 9.94. The fourth-order valence-corrected chi connectivity index (χ4v) is 4.01. The quantitative estimate of drug-likeness (QED) is 0.832. The Morgan fingerprint density at radius 1 is 1.43 bits per heavy atom. The predicted molar refractivity (Wildman–Crippen MR) is 82.8 cm³/mol. The molecule has 2 fully saturated rings. The number of piperidine rings is 1. The number of fused-ring (bicyclic) bond motifs is 2. The van der Waals surface area contributed by atoms with Gasteiger partial charge in [-0.05, 0) is 44.6 Å². The Hall–Kier alpha value is -1.13. The highest BCUT2D eigenvalue weighted by Crippen LogP contribution is 2.35. The molecule has 2 bridgehead atoms. The van der Waals surface area contributed by atoms with Gasteiger partial charge in [-0.3, -0.25) is 4.79 Å². The molecule has 0 aromatic heterocycles. The zero-order valence-electron chi connectivity index (χ0n) is 13.0. The van der Waals surface area contributed by atoms with Crippen molar-refractivity contribution in [1.82, 2.24) is 10.2 Å². The first-order valence-electron chi connectivity index (χ1n) is 8.07. The largest absolute Gasteiger partial charge is 0.386 e. The zero-order valence-corrected chi connectivity index (χ0v) is 13.0. The average Bonchev–Trinajstić information content (AvgIpc) is 2.69. The van der Waals surface area contributed by atoms with Crippen molar-refractivity contribution in [2.24, 2.45) is 0 Å². The highest BCUT2D eigenvalue weighted by atomic mass is 16.3. The molecule has 0 spiro atoms. The number of carbonyl (C=O) groups excluding carboxylic acids is 1. The summed E-state index contributed by atoms with van der Waals surface area (Å²) in [6.45, 7) is 4.39. The van der Waals surface area contributed by atoms with Crippen LogP contribution >= 0.6 is 0 Å². The van der Waals surface area contributed by atoms with E-state index in [0.29, 0.717) is 24.5 Å². The minimum Gasteiger partial charge on any atom is -0.386 e. The van der Waals surface area contributed by atoms with Gasteiger partial charge < -0.3 is 15.3 Å². The second kappa shape index (κ2) is 5.58. The fraction of sp³-hybridized carbons (Fsp3) is 0.706. The molecule has 0 aromatic rings. The van der Waals surface area contributed by atoms with E-state index in [4.69, 9.17) is 0 Å². The van der Waals surface area contributed by atoms with Crippen molar-refractivity contribution < 1.29 is 9.90 Å². The van der Waals surface area contributed by atoms with Crippen LogP contribution in [0.1, 0.15) is 46.0 Å². The molecule has 2 unspecified atom stereocenters. The number of nitrogens with zero attached hydrogens (tertiary/aromatic N) is 1. The van der Waals surface area contributed by atoms with Crippen molar-refractivity contribution in [1.29, 1.82) is 0 Å². The smallest absolute Gasteiger partial charge is 0.219 e. The first kappa shape index (κ1) is 14.8. The van der Waals surface area contributed by atoms with Gasteiger partial charge in [0.2, 0.25) is 5.91 Å². The summed E-state index contributed by atoms with van der Waals surface area (Å²) in [5.41, 5.74) is 0.568. The van der Waals surface area contributed by atoms with Crippen LogP contribution in [0.5, 0.6) is 0 Å². The molecule has 116 valence electrons. The lowest BCUT2D eigenvalue weighted by Crippen LogP contribution is -2.51. The fourth-order valence-electron chi connectivity index (χ4n) is 4.01. The third-order valence-electron chi connectivity index (χ3n) is 5.13. The van der Waals surface area contributed by atoms with Crippen LogP contribution in [0.4, 0.5) is 0 Å². The van der Waals surface area contributed by atoms with Crippen molar-refractivity contribution in [2.75, 3.05) is 6.54 Å². The molecule has 2 aliphatic heterocycles. The topological polar surface area (TPSA) is 52.6 Å². The Bertz CT molecular complexity index is 467. The summed E-state index contributed by atoms with van der Waals surface area (Å²) in [6.07, 6.45) is 11.2. The van der Waals surface area contributed by atoms with E-state index in [2.05, 4.69) is 16.3 Å². The molecule has 2 N–H and O–H groups in total. The van der Waals surface area contributed by atoms with Crippen LogP contribution in [0.25, 0.3) is 0 Å². The molecular weight excluding hydrogens is 264 g/mol. The van der Waals surface area contributed by atoms with Crippen LogP contribution in [0.3, 0.4) is 0 Å². The van der Waals surface area contributed by atoms with Crippen molar-refractivity contribution >= 4 is 5.91 Å². The van der Waals surface area contributed by atoms with Crippen molar-refractivity contribution in [3.63, 3.8) is 0 Å². The van der Waals surface area contributed by atoms with Gasteiger partial charge in [-0.2, -0.15) is 0 Å². The van der Waals surface area contributed by atoms with E-state index in [9.17, 15) is 9.90 Å². The molecule has 2 heterocycles. The van der Waals surface area contributed by atoms with Crippen LogP contribution < -0.4 is 5.32 Å². The normalized spacial score (nSPS) is 38.5. The van der Waals surface area contributed by atoms with E-state index in [0.717, 1.165) is 32.2 Å². The van der Waals surface area contributed by atoms with Gasteiger partial charge in [0, 0.05) is 31.6 Å². The van der Waals surface area contributed by atoms with Crippen LogP contribution in [-0.4, -0.2) is 46.2 Å². The number of rotatable bonds is 3. The van der Waals surface area contributed by atoms with E-state index in [1.54, 1.807) is 6.92 Å². The molecular formula is C17H26N2O2. The average molecular weight is 290 g/mol. The summed E-state index contributed by atoms with van der Waals surface area (Å²) in [5, 5.41) is 13.5. The van der Waals surface area contributed by atoms with E-state index >= 15 is 0 Å². The van der Waals surface area contributed by atoms with Crippen LogP contribution in [0.15, 0.2) is 23.8 Å². The third-order valence-corrected chi connectivity index (χ3v) is 5.13. The summed E-state index contributed by atoms with van der Waals surface area (Å²) in [7, 11) is 0. The van der Waals surface area contributed by atoms with Crippen LogP contribution in [-0.2, 0) is 4.79 Å². The third kappa shape index (κ3) is 3.22. The van der Waals surface area contributed by atoms with Gasteiger partial charge in [-0.1, -0.05) is 18.2 Å². The van der Waals surface area contributed by atoms with Crippen LogP contribution in [0.2, 0.25) is 0 Å². The first-order valence-corrected chi connectivity index (χ1v) is 8.07. The Balaban J connectivity index is 1.51. The number of carbonyl (C=O) groups is 1. The summed E-state index contributed by atoms with van der Waals surface area (Å²) in [6, 6.07) is 1.39. The molecule has 21 heavy (non-hydrogen) atoms. The van der Waals surface area contributed by atoms with Gasteiger partial charge in [0.25, 0.3) is 0 Å². The van der Waals surface area contributed by atoms with E-state index < -0.39 is 5.60 Å². The van der Waals surface area contributed by atoms with Gasteiger partial charge >= 0.3 is 0 Å².